The Hall–Kier alpha value is -2.19. The Kier molecular flexibility index (Phi) is 6.51. The first-order valence-electron chi connectivity index (χ1n) is 6.98. The molecule has 0 fully saturated rings. The second-order valence-electron chi connectivity index (χ2n) is 4.79. The quantitative estimate of drug-likeness (QED) is 0.531. The molecule has 24 heavy (non-hydrogen) atoms. The Morgan fingerprint density at radius 1 is 1.21 bits per heavy atom. The van der Waals surface area contributed by atoms with E-state index in [0.717, 1.165) is 4.47 Å². The summed E-state index contributed by atoms with van der Waals surface area (Å²) in [6, 6.07) is 12.9. The Balaban J connectivity index is 1.79. The number of amides is 1. The van der Waals surface area contributed by atoms with Crippen LogP contribution < -0.4 is 20.9 Å². The van der Waals surface area contributed by atoms with Gasteiger partial charge in [0.15, 0.2) is 11.2 Å². The summed E-state index contributed by atoms with van der Waals surface area (Å²) in [5.74, 6) is -0.163. The summed E-state index contributed by atoms with van der Waals surface area (Å²) in [5, 5.41) is 2.98. The topological polar surface area (TPSA) is 62.4 Å². The number of ether oxygens (including phenoxy) is 1. The highest BCUT2D eigenvalue weighted by atomic mass is 79.9. The largest absolute Gasteiger partial charge is 0.481 e. The first-order valence-corrected chi connectivity index (χ1v) is 8.19. The van der Waals surface area contributed by atoms with E-state index in [9.17, 15) is 9.18 Å². The number of benzene rings is 2. The van der Waals surface area contributed by atoms with E-state index < -0.39 is 12.0 Å². The zero-order valence-corrected chi connectivity index (χ0v) is 15.1. The molecule has 0 saturated carbocycles. The highest BCUT2D eigenvalue weighted by Gasteiger charge is 2.14. The molecule has 0 bridgehead atoms. The van der Waals surface area contributed by atoms with E-state index in [1.54, 1.807) is 19.1 Å². The van der Waals surface area contributed by atoms with E-state index in [1.807, 2.05) is 12.1 Å². The van der Waals surface area contributed by atoms with Gasteiger partial charge in [-0.3, -0.25) is 15.6 Å². The van der Waals surface area contributed by atoms with Gasteiger partial charge in [-0.1, -0.05) is 22.0 Å². The minimum absolute atomic E-state index is 0.171. The fourth-order valence-electron chi connectivity index (χ4n) is 1.71. The van der Waals surface area contributed by atoms with E-state index in [1.165, 1.54) is 24.3 Å². The highest BCUT2D eigenvalue weighted by Crippen LogP contribution is 2.18. The molecule has 0 unspecified atom stereocenters. The van der Waals surface area contributed by atoms with Crippen LogP contribution in [0.1, 0.15) is 6.92 Å². The molecule has 0 aromatic heterocycles. The van der Waals surface area contributed by atoms with Crippen molar-refractivity contribution < 1.29 is 13.9 Å². The smallest absolute Gasteiger partial charge is 0.279 e. The van der Waals surface area contributed by atoms with Gasteiger partial charge >= 0.3 is 0 Å². The molecule has 0 spiro atoms. The van der Waals surface area contributed by atoms with Gasteiger partial charge in [-0.25, -0.2) is 4.39 Å². The normalized spacial score (nSPS) is 11.3. The zero-order valence-electron chi connectivity index (χ0n) is 12.7. The number of thiocarbonyl (C=S) groups is 1. The minimum Gasteiger partial charge on any atom is -0.481 e. The highest BCUT2D eigenvalue weighted by molar-refractivity contribution is 9.10. The number of rotatable bonds is 4. The van der Waals surface area contributed by atoms with Gasteiger partial charge in [0.05, 0.1) is 0 Å². The number of hydrogen-bond acceptors (Lipinski definition) is 3. The van der Waals surface area contributed by atoms with Crippen molar-refractivity contribution in [2.75, 3.05) is 5.32 Å². The van der Waals surface area contributed by atoms with Crippen LogP contribution in [0.25, 0.3) is 0 Å². The van der Waals surface area contributed by atoms with Crippen molar-refractivity contribution in [3.8, 4) is 5.75 Å². The molecule has 1 atom stereocenters. The van der Waals surface area contributed by atoms with E-state index in [2.05, 4.69) is 32.1 Å². The molecular weight excluding hydrogens is 397 g/mol. The molecule has 3 N–H and O–H groups in total. The van der Waals surface area contributed by atoms with Crippen LogP contribution in [0.4, 0.5) is 10.1 Å². The summed E-state index contributed by atoms with van der Waals surface area (Å²) < 4.78 is 19.2. The van der Waals surface area contributed by atoms with Crippen molar-refractivity contribution in [1.82, 2.24) is 10.9 Å². The summed E-state index contributed by atoms with van der Waals surface area (Å²) in [7, 11) is 0. The molecule has 5 nitrogen and oxygen atoms in total. The van der Waals surface area contributed by atoms with Gasteiger partial charge in [0.2, 0.25) is 0 Å². The Morgan fingerprint density at radius 3 is 2.58 bits per heavy atom. The SMILES string of the molecule is C[C@H](Oc1cccc(Br)c1)C(=O)NNC(=S)Nc1ccc(F)cc1. The molecule has 1 amide bonds. The second-order valence-corrected chi connectivity index (χ2v) is 6.12. The zero-order chi connectivity index (χ0) is 17.5. The van der Waals surface area contributed by atoms with Crippen molar-refractivity contribution in [3.63, 3.8) is 0 Å². The Labute approximate surface area is 152 Å². The molecule has 0 aliphatic heterocycles. The average molecular weight is 412 g/mol. The lowest BCUT2D eigenvalue weighted by molar-refractivity contribution is -0.127. The van der Waals surface area contributed by atoms with E-state index in [4.69, 9.17) is 17.0 Å². The van der Waals surface area contributed by atoms with Crippen LogP contribution in [0.2, 0.25) is 0 Å². The van der Waals surface area contributed by atoms with Crippen LogP contribution in [0.3, 0.4) is 0 Å². The molecule has 8 heteroatoms. The maximum Gasteiger partial charge on any atom is 0.279 e. The van der Waals surface area contributed by atoms with Gasteiger partial charge in [0.1, 0.15) is 11.6 Å². The number of anilines is 1. The molecule has 2 aromatic rings. The molecule has 126 valence electrons. The predicted molar refractivity (Wildman–Crippen MR) is 98.1 cm³/mol. The second kappa shape index (κ2) is 8.60. The van der Waals surface area contributed by atoms with E-state index >= 15 is 0 Å². The number of hydrogen-bond donors (Lipinski definition) is 3. The van der Waals surface area contributed by atoms with Gasteiger partial charge in [-0.2, -0.15) is 0 Å². The van der Waals surface area contributed by atoms with Crippen LogP contribution in [-0.2, 0) is 4.79 Å². The molecule has 0 heterocycles. The van der Waals surface area contributed by atoms with Crippen molar-refractivity contribution in [3.05, 3.63) is 58.8 Å². The standard InChI is InChI=1S/C16H15BrFN3O2S/c1-10(23-14-4-2-3-11(17)9-14)15(22)20-21-16(24)19-13-7-5-12(18)6-8-13/h2-10H,1H3,(H,20,22)(H2,19,21,24)/t10-/m0/s1. The van der Waals surface area contributed by atoms with Crippen LogP contribution in [0.15, 0.2) is 53.0 Å². The molecular formula is C16H15BrFN3O2S. The third-order valence-corrected chi connectivity index (χ3v) is 3.58. The maximum absolute atomic E-state index is 12.8. The van der Waals surface area contributed by atoms with Crippen molar-refractivity contribution >= 4 is 44.9 Å². The number of hydrazine groups is 1. The van der Waals surface area contributed by atoms with E-state index in [-0.39, 0.29) is 10.9 Å². The van der Waals surface area contributed by atoms with Crippen LogP contribution in [0.5, 0.6) is 5.75 Å². The van der Waals surface area contributed by atoms with Crippen LogP contribution >= 0.6 is 28.1 Å². The number of halogens is 2. The molecule has 2 aromatic carbocycles. The Morgan fingerprint density at radius 2 is 1.92 bits per heavy atom. The molecule has 0 saturated heterocycles. The summed E-state index contributed by atoms with van der Waals surface area (Å²) >= 11 is 8.38. The fraction of sp³-hybridized carbons (Fsp3) is 0.125. The van der Waals surface area contributed by atoms with Gasteiger partial charge < -0.3 is 10.1 Å². The van der Waals surface area contributed by atoms with Gasteiger partial charge in [-0.15, -0.1) is 0 Å². The number of carbonyl (C=O) groups excluding carboxylic acids is 1. The lowest BCUT2D eigenvalue weighted by Crippen LogP contribution is -2.48. The Bertz CT molecular complexity index is 728. The third kappa shape index (κ3) is 5.78. The fourth-order valence-corrected chi connectivity index (χ4v) is 2.26. The summed E-state index contributed by atoms with van der Waals surface area (Å²) in [5.41, 5.74) is 5.61. The minimum atomic E-state index is -0.722. The first kappa shape index (κ1) is 18.2. The lowest BCUT2D eigenvalue weighted by Gasteiger charge is -2.16. The summed E-state index contributed by atoms with van der Waals surface area (Å²) in [4.78, 5) is 12.0. The molecule has 0 aliphatic carbocycles. The first-order chi connectivity index (χ1) is 11.4. The van der Waals surface area contributed by atoms with Crippen molar-refractivity contribution in [2.45, 2.75) is 13.0 Å². The van der Waals surface area contributed by atoms with Gasteiger partial charge in [-0.05, 0) is 61.6 Å². The summed E-state index contributed by atoms with van der Waals surface area (Å²) in [6.45, 7) is 1.62. The lowest BCUT2D eigenvalue weighted by atomic mass is 10.3. The monoisotopic (exact) mass is 411 g/mol. The van der Waals surface area contributed by atoms with Crippen LogP contribution in [-0.4, -0.2) is 17.1 Å². The van der Waals surface area contributed by atoms with Gasteiger partial charge in [0.25, 0.3) is 5.91 Å². The third-order valence-electron chi connectivity index (χ3n) is 2.88. The number of nitrogens with one attached hydrogen (secondary N) is 3. The van der Waals surface area contributed by atoms with Crippen LogP contribution in [0, 0.1) is 5.82 Å². The van der Waals surface area contributed by atoms with Crippen molar-refractivity contribution in [2.24, 2.45) is 0 Å². The van der Waals surface area contributed by atoms with E-state index in [0.29, 0.717) is 11.4 Å². The molecule has 2 rings (SSSR count). The molecule has 0 radical (unpaired) electrons. The average Bonchev–Trinajstić information content (AvgIpc) is 2.54. The summed E-state index contributed by atoms with van der Waals surface area (Å²) in [6.07, 6.45) is -0.722. The predicted octanol–water partition coefficient (Wildman–Crippen LogP) is 3.37. The molecule has 0 aliphatic rings. The number of carbonyl (C=O) groups is 1. The van der Waals surface area contributed by atoms with Crippen molar-refractivity contribution in [1.29, 1.82) is 0 Å². The van der Waals surface area contributed by atoms with Gasteiger partial charge in [0, 0.05) is 10.2 Å². The maximum atomic E-state index is 12.8.